The van der Waals surface area contributed by atoms with Crippen LogP contribution in [0.4, 0.5) is 4.39 Å². The number of halogens is 1. The van der Waals surface area contributed by atoms with Crippen molar-refractivity contribution in [1.82, 2.24) is 20.1 Å². The van der Waals surface area contributed by atoms with E-state index in [1.54, 1.807) is 17.9 Å². The molecule has 1 amide bonds. The van der Waals surface area contributed by atoms with Crippen molar-refractivity contribution in [1.29, 1.82) is 0 Å². The summed E-state index contributed by atoms with van der Waals surface area (Å²) < 4.78 is 14.4. The molecule has 0 saturated carbocycles. The number of phenolic OH excluding ortho intramolecular Hbond substituents is 1. The van der Waals surface area contributed by atoms with Gasteiger partial charge in [-0.3, -0.25) is 9.89 Å². The highest BCUT2D eigenvalue weighted by Crippen LogP contribution is 2.31. The Morgan fingerprint density at radius 3 is 2.72 bits per heavy atom. The first-order valence-electron chi connectivity index (χ1n) is 9.74. The van der Waals surface area contributed by atoms with Crippen molar-refractivity contribution < 1.29 is 14.3 Å². The zero-order valence-corrected chi connectivity index (χ0v) is 16.5. The number of nitrogens with two attached hydrogens (primary N) is 1. The molecule has 0 bridgehead atoms. The van der Waals surface area contributed by atoms with Gasteiger partial charge in [-0.25, -0.2) is 9.37 Å². The normalized spacial score (nSPS) is 16.3. The summed E-state index contributed by atoms with van der Waals surface area (Å²) in [6, 6.07) is 5.46. The lowest BCUT2D eigenvalue weighted by atomic mass is 9.86. The van der Waals surface area contributed by atoms with E-state index >= 15 is 0 Å². The van der Waals surface area contributed by atoms with E-state index in [2.05, 4.69) is 22.1 Å². The summed E-state index contributed by atoms with van der Waals surface area (Å²) in [6.45, 7) is 5.02. The van der Waals surface area contributed by atoms with Crippen LogP contribution in [0.5, 0.6) is 5.75 Å². The van der Waals surface area contributed by atoms with Gasteiger partial charge in [0.25, 0.3) is 5.91 Å². The number of H-pyrrole nitrogens is 1. The molecule has 8 heteroatoms. The van der Waals surface area contributed by atoms with Crippen molar-refractivity contribution >= 4 is 16.9 Å². The van der Waals surface area contributed by atoms with E-state index in [0.29, 0.717) is 41.1 Å². The van der Waals surface area contributed by atoms with Crippen molar-refractivity contribution in [3.8, 4) is 17.0 Å². The maximum atomic E-state index is 14.4. The summed E-state index contributed by atoms with van der Waals surface area (Å²) in [5.74, 6) is -0.920. The van der Waals surface area contributed by atoms with Crippen molar-refractivity contribution in [3.05, 3.63) is 41.3 Å². The maximum Gasteiger partial charge on any atom is 0.254 e. The van der Waals surface area contributed by atoms with Gasteiger partial charge in [-0.1, -0.05) is 6.92 Å². The monoisotopic (exact) mass is 397 g/mol. The van der Waals surface area contributed by atoms with E-state index in [4.69, 9.17) is 5.73 Å². The second-order valence-electron chi connectivity index (χ2n) is 7.76. The molecule has 2 aromatic heterocycles. The first-order chi connectivity index (χ1) is 13.8. The quantitative estimate of drug-likeness (QED) is 0.629. The van der Waals surface area contributed by atoms with Crippen LogP contribution in [-0.2, 0) is 0 Å². The molecule has 4 N–H and O–H groups in total. The molecular weight excluding hydrogens is 373 g/mol. The predicted octanol–water partition coefficient (Wildman–Crippen LogP) is 3.12. The predicted molar refractivity (Wildman–Crippen MR) is 108 cm³/mol. The molecule has 1 saturated heterocycles. The highest BCUT2D eigenvalue weighted by atomic mass is 19.1. The molecule has 1 fully saturated rings. The lowest BCUT2D eigenvalue weighted by molar-refractivity contribution is 0.0670. The molecule has 0 spiro atoms. The van der Waals surface area contributed by atoms with Gasteiger partial charge in [0.2, 0.25) is 0 Å². The number of carbonyl (C=O) groups excluding carboxylic acids is 1. The average Bonchev–Trinajstić information content (AvgIpc) is 3.08. The van der Waals surface area contributed by atoms with Crippen LogP contribution in [0.2, 0.25) is 0 Å². The molecule has 29 heavy (non-hydrogen) atoms. The molecule has 3 aromatic rings. The molecule has 3 heterocycles. The molecule has 0 radical (unpaired) electrons. The summed E-state index contributed by atoms with van der Waals surface area (Å²) >= 11 is 0. The first kappa shape index (κ1) is 19.3. The minimum Gasteiger partial charge on any atom is -0.508 e. The van der Waals surface area contributed by atoms with Gasteiger partial charge in [0, 0.05) is 30.3 Å². The number of likely N-dealkylation sites (tertiary alicyclic amines) is 1. The van der Waals surface area contributed by atoms with Gasteiger partial charge in [0.15, 0.2) is 5.65 Å². The van der Waals surface area contributed by atoms with Crippen LogP contribution >= 0.6 is 0 Å². The minimum absolute atomic E-state index is 0.138. The number of aromatic amines is 1. The molecule has 1 aliphatic heterocycles. The summed E-state index contributed by atoms with van der Waals surface area (Å²) in [5, 5.41) is 17.1. The van der Waals surface area contributed by atoms with E-state index < -0.39 is 5.82 Å². The second kappa shape index (κ2) is 7.11. The Kier molecular flexibility index (Phi) is 4.74. The van der Waals surface area contributed by atoms with E-state index in [1.165, 1.54) is 12.1 Å². The lowest BCUT2D eigenvalue weighted by Gasteiger charge is -2.38. The number of fused-ring (bicyclic) bond motifs is 1. The zero-order valence-electron chi connectivity index (χ0n) is 16.5. The Bertz CT molecular complexity index is 1090. The smallest absolute Gasteiger partial charge is 0.254 e. The summed E-state index contributed by atoms with van der Waals surface area (Å²) in [7, 11) is 0. The number of benzene rings is 1. The van der Waals surface area contributed by atoms with Gasteiger partial charge in [0.1, 0.15) is 11.6 Å². The van der Waals surface area contributed by atoms with Crippen molar-refractivity contribution in [3.63, 3.8) is 0 Å². The number of aryl methyl sites for hydroxylation is 1. The molecule has 7 nitrogen and oxygen atoms in total. The summed E-state index contributed by atoms with van der Waals surface area (Å²) in [4.78, 5) is 19.6. The topological polar surface area (TPSA) is 108 Å². The number of phenols is 1. The van der Waals surface area contributed by atoms with Gasteiger partial charge in [-0.2, -0.15) is 5.10 Å². The first-order valence-corrected chi connectivity index (χ1v) is 9.74. The number of piperidine rings is 1. The highest BCUT2D eigenvalue weighted by molar-refractivity contribution is 6.07. The van der Waals surface area contributed by atoms with Crippen LogP contribution in [0.1, 0.15) is 42.2 Å². The Morgan fingerprint density at radius 1 is 1.34 bits per heavy atom. The number of pyridine rings is 1. The standard InChI is InChI=1S/C21H24FN5O2/c1-3-21(23)6-8-27(9-7-21)20(29)15-11-17(14-5-4-13(28)10-16(14)22)24-19-18(15)12(2)25-26-19/h4-5,10-11,28H,3,6-9,23H2,1-2H3,(H,24,25,26). The Labute approximate surface area is 167 Å². The second-order valence-corrected chi connectivity index (χ2v) is 7.76. The Balaban J connectivity index is 1.77. The third kappa shape index (κ3) is 3.44. The zero-order chi connectivity index (χ0) is 20.8. The number of hydrogen-bond donors (Lipinski definition) is 3. The number of aromatic nitrogens is 3. The van der Waals surface area contributed by atoms with E-state index in [0.717, 1.165) is 25.3 Å². The number of nitrogens with one attached hydrogen (secondary N) is 1. The Morgan fingerprint density at radius 2 is 2.07 bits per heavy atom. The molecule has 0 unspecified atom stereocenters. The van der Waals surface area contributed by atoms with Crippen LogP contribution in [0, 0.1) is 12.7 Å². The molecular formula is C21H24FN5O2. The maximum absolute atomic E-state index is 14.4. The molecule has 4 rings (SSSR count). The summed E-state index contributed by atoms with van der Waals surface area (Å²) in [6.07, 6.45) is 2.36. The summed E-state index contributed by atoms with van der Waals surface area (Å²) in [5.41, 5.74) is 8.17. The SMILES string of the molecule is CCC1(N)CCN(C(=O)c2cc(-c3ccc(O)cc3F)nc3[nH]nc(C)c23)CC1. The molecule has 1 aromatic carbocycles. The number of rotatable bonds is 3. The van der Waals surface area contributed by atoms with Crippen LogP contribution in [0.25, 0.3) is 22.3 Å². The number of aromatic hydroxyl groups is 1. The van der Waals surface area contributed by atoms with Crippen LogP contribution in [-0.4, -0.2) is 49.7 Å². The number of carbonyl (C=O) groups is 1. The van der Waals surface area contributed by atoms with Crippen molar-refractivity contribution in [2.75, 3.05) is 13.1 Å². The van der Waals surface area contributed by atoms with Crippen molar-refractivity contribution in [2.24, 2.45) is 5.73 Å². The fraction of sp³-hybridized carbons (Fsp3) is 0.381. The largest absolute Gasteiger partial charge is 0.508 e. The number of amides is 1. The molecule has 0 atom stereocenters. The van der Waals surface area contributed by atoms with E-state index in [-0.39, 0.29) is 22.8 Å². The Hall–Kier alpha value is -3.00. The van der Waals surface area contributed by atoms with Gasteiger partial charge < -0.3 is 15.7 Å². The highest BCUT2D eigenvalue weighted by Gasteiger charge is 2.32. The fourth-order valence-corrected chi connectivity index (χ4v) is 3.88. The third-order valence-electron chi connectivity index (χ3n) is 5.92. The van der Waals surface area contributed by atoms with Gasteiger partial charge in [-0.15, -0.1) is 0 Å². The van der Waals surface area contributed by atoms with E-state index in [9.17, 15) is 14.3 Å². The van der Waals surface area contributed by atoms with Gasteiger partial charge >= 0.3 is 0 Å². The molecule has 152 valence electrons. The lowest BCUT2D eigenvalue weighted by Crippen LogP contribution is -2.51. The molecule has 1 aliphatic rings. The van der Waals surface area contributed by atoms with Crippen LogP contribution in [0.3, 0.4) is 0 Å². The minimum atomic E-state index is -0.611. The van der Waals surface area contributed by atoms with Crippen LogP contribution in [0.15, 0.2) is 24.3 Å². The van der Waals surface area contributed by atoms with Gasteiger partial charge in [-0.05, 0) is 44.4 Å². The fourth-order valence-electron chi connectivity index (χ4n) is 3.88. The van der Waals surface area contributed by atoms with Gasteiger partial charge in [0.05, 0.1) is 22.3 Å². The number of hydrogen-bond acceptors (Lipinski definition) is 5. The number of nitrogens with zero attached hydrogens (tertiary/aromatic N) is 3. The molecule has 0 aliphatic carbocycles. The van der Waals surface area contributed by atoms with E-state index in [1.807, 2.05) is 0 Å². The third-order valence-corrected chi connectivity index (χ3v) is 5.92. The average molecular weight is 397 g/mol. The van der Waals surface area contributed by atoms with Crippen molar-refractivity contribution in [2.45, 2.75) is 38.6 Å². The van der Waals surface area contributed by atoms with Crippen LogP contribution < -0.4 is 5.73 Å².